The predicted octanol–water partition coefficient (Wildman–Crippen LogP) is 12.1. The van der Waals surface area contributed by atoms with E-state index in [0.29, 0.717) is 23.9 Å². The van der Waals surface area contributed by atoms with E-state index in [1.54, 1.807) is 0 Å². The first kappa shape index (κ1) is 55.7. The number of carbonyl (C=O) groups is 2. The van der Waals surface area contributed by atoms with E-state index in [0.717, 1.165) is 96.3 Å². The molecule has 0 aliphatic carbocycles. The minimum atomic E-state index is -4.65. The van der Waals surface area contributed by atoms with E-state index in [4.69, 9.17) is 18.5 Å². The van der Waals surface area contributed by atoms with Crippen molar-refractivity contribution in [2.24, 2.45) is 0 Å². The minimum absolute atomic E-state index is 0.0478. The van der Waals surface area contributed by atoms with Gasteiger partial charge in [-0.3, -0.25) is 14.2 Å². The summed E-state index contributed by atoms with van der Waals surface area (Å²) in [7, 11) is 1.11. The first-order valence-electron chi connectivity index (χ1n) is 22.1. The lowest BCUT2D eigenvalue weighted by Gasteiger charge is -2.28. The summed E-state index contributed by atoms with van der Waals surface area (Å²) in [6.07, 6.45) is 54.1. The highest BCUT2D eigenvalue weighted by Gasteiger charge is 2.21. The predicted molar refractivity (Wildman–Crippen MR) is 245 cm³/mol. The van der Waals surface area contributed by atoms with Gasteiger partial charge in [0.05, 0.1) is 27.7 Å². The Hall–Kier alpha value is -3.33. The lowest BCUT2D eigenvalue weighted by atomic mass is 10.1. The second-order valence-electron chi connectivity index (χ2n) is 15.4. The molecule has 0 aromatic rings. The monoisotopic (exact) mass is 842 g/mol. The summed E-state index contributed by atoms with van der Waals surface area (Å²) in [4.78, 5) is 37.5. The molecule has 2 unspecified atom stereocenters. The molecule has 10 heteroatoms. The van der Waals surface area contributed by atoms with Crippen molar-refractivity contribution in [2.75, 3.05) is 47.5 Å². The van der Waals surface area contributed by atoms with E-state index in [2.05, 4.69) is 105 Å². The Morgan fingerprint density at radius 3 is 1.56 bits per heavy atom. The molecule has 0 saturated carbocycles. The third-order valence-electron chi connectivity index (χ3n) is 8.60. The smallest absolute Gasteiger partial charge is 0.306 e. The summed E-state index contributed by atoms with van der Waals surface area (Å²) in [6, 6.07) is 0. The molecule has 9 nitrogen and oxygen atoms in total. The second-order valence-corrected chi connectivity index (χ2v) is 16.8. The number of likely N-dealkylation sites (N-methyl/N-ethyl adjacent to an activating group) is 1. The molecule has 0 rings (SSSR count). The molecule has 0 aliphatic heterocycles. The van der Waals surface area contributed by atoms with Crippen molar-refractivity contribution in [1.29, 1.82) is 0 Å². The Labute approximate surface area is 359 Å². The van der Waals surface area contributed by atoms with Gasteiger partial charge in [-0.2, -0.15) is 0 Å². The molecule has 2 atom stereocenters. The molecule has 0 N–H and O–H groups in total. The van der Waals surface area contributed by atoms with Gasteiger partial charge in [0.1, 0.15) is 19.8 Å². The van der Waals surface area contributed by atoms with E-state index >= 15 is 0 Å². The van der Waals surface area contributed by atoms with Gasteiger partial charge in [-0.25, -0.2) is 0 Å². The van der Waals surface area contributed by atoms with Gasteiger partial charge in [0.25, 0.3) is 7.82 Å². The summed E-state index contributed by atoms with van der Waals surface area (Å²) in [5.74, 6) is -0.911. The first-order chi connectivity index (χ1) is 28.5. The lowest BCUT2D eigenvalue weighted by molar-refractivity contribution is -0.870. The van der Waals surface area contributed by atoms with E-state index < -0.39 is 32.5 Å². The number of hydrogen-bond acceptors (Lipinski definition) is 8. The largest absolute Gasteiger partial charge is 0.756 e. The average molecular weight is 842 g/mol. The molecule has 334 valence electrons. The molecule has 0 aliphatic rings. The Morgan fingerprint density at radius 2 is 1.00 bits per heavy atom. The molecule has 0 radical (unpaired) electrons. The van der Waals surface area contributed by atoms with Crippen LogP contribution in [-0.4, -0.2) is 70.0 Å². The maximum Gasteiger partial charge on any atom is 0.306 e. The number of esters is 2. The standard InChI is InChI=1S/C49H80NO8P/c1-6-8-10-12-14-16-18-20-21-22-23-24-25-26-27-28-30-31-33-35-37-39-41-48(51)55-45-47(46-57-59(53,54)56-44-43-50(3,4)5)58-49(52)42-40-38-36-34-32-29-19-17-15-13-11-9-7-2/h8-11,13-17,19-21,23-24,26-27,30-31,47H,6-7,12,18,22,25,28-29,32-46H2,1-5H3/b10-8+,11-9+,15-13+,16-14+,19-17+,21-20+,24-23+,27-26+,31-30+. The number of phosphoric ester groups is 1. The summed E-state index contributed by atoms with van der Waals surface area (Å²) >= 11 is 0. The topological polar surface area (TPSA) is 111 Å². The van der Waals surface area contributed by atoms with Gasteiger partial charge in [-0.15, -0.1) is 0 Å². The van der Waals surface area contributed by atoms with Crippen LogP contribution < -0.4 is 4.89 Å². The Kier molecular flexibility index (Phi) is 37.8. The van der Waals surface area contributed by atoms with Crippen LogP contribution >= 0.6 is 7.82 Å². The van der Waals surface area contributed by atoms with Gasteiger partial charge in [0.15, 0.2) is 6.10 Å². The zero-order chi connectivity index (χ0) is 43.6. The van der Waals surface area contributed by atoms with Gasteiger partial charge in [0.2, 0.25) is 0 Å². The molecular formula is C49H80NO8P. The maximum absolute atomic E-state index is 12.6. The summed E-state index contributed by atoms with van der Waals surface area (Å²) in [5.41, 5.74) is 0. The van der Waals surface area contributed by atoms with Crippen LogP contribution in [0, 0.1) is 0 Å². The SMILES string of the molecule is CC/C=C/C=C/C=C/CCCCCCCC(=O)OC(COC(=O)CCCCC/C=C/C/C=C/C/C=C/C/C=C/C/C=C/C/C=C/CC)COP(=O)([O-])OCC[N+](C)(C)C. The van der Waals surface area contributed by atoms with Crippen LogP contribution in [0.2, 0.25) is 0 Å². The molecule has 0 bridgehead atoms. The minimum Gasteiger partial charge on any atom is -0.756 e. The van der Waals surface area contributed by atoms with E-state index in [9.17, 15) is 19.0 Å². The van der Waals surface area contributed by atoms with Gasteiger partial charge >= 0.3 is 11.9 Å². The number of carbonyl (C=O) groups excluding carboxylic acids is 2. The van der Waals surface area contributed by atoms with Crippen molar-refractivity contribution in [3.05, 3.63) is 109 Å². The summed E-state index contributed by atoms with van der Waals surface area (Å²) in [6.45, 7) is 3.88. The lowest BCUT2D eigenvalue weighted by Crippen LogP contribution is -2.37. The van der Waals surface area contributed by atoms with Crippen molar-refractivity contribution in [3.63, 3.8) is 0 Å². The van der Waals surface area contributed by atoms with Crippen LogP contribution in [0.1, 0.15) is 136 Å². The highest BCUT2D eigenvalue weighted by Crippen LogP contribution is 2.38. The number of phosphoric acid groups is 1. The normalized spacial score (nSPS) is 14.6. The molecule has 59 heavy (non-hydrogen) atoms. The molecule has 0 heterocycles. The fraction of sp³-hybridized carbons (Fsp3) is 0.592. The number of hydrogen-bond donors (Lipinski definition) is 0. The van der Waals surface area contributed by atoms with Gasteiger partial charge in [-0.05, 0) is 83.5 Å². The number of rotatable bonds is 38. The van der Waals surface area contributed by atoms with Gasteiger partial charge < -0.3 is 27.9 Å². The van der Waals surface area contributed by atoms with Crippen molar-refractivity contribution >= 4 is 19.8 Å². The van der Waals surface area contributed by atoms with Gasteiger partial charge in [0, 0.05) is 12.8 Å². The number of unbranched alkanes of at least 4 members (excludes halogenated alkanes) is 8. The van der Waals surface area contributed by atoms with E-state index in [-0.39, 0.29) is 26.1 Å². The number of ether oxygens (including phenoxy) is 2. The number of quaternary nitrogens is 1. The third-order valence-corrected chi connectivity index (χ3v) is 9.56. The summed E-state index contributed by atoms with van der Waals surface area (Å²) < 4.78 is 33.8. The van der Waals surface area contributed by atoms with Gasteiger partial charge in [-0.1, -0.05) is 149 Å². The molecule has 0 spiro atoms. The van der Waals surface area contributed by atoms with Crippen molar-refractivity contribution in [3.8, 4) is 0 Å². The van der Waals surface area contributed by atoms with Crippen molar-refractivity contribution in [2.45, 2.75) is 142 Å². The molecule has 0 aromatic heterocycles. The number of nitrogens with zero attached hydrogens (tertiary/aromatic N) is 1. The summed E-state index contributed by atoms with van der Waals surface area (Å²) in [5, 5.41) is 0. The van der Waals surface area contributed by atoms with Crippen LogP contribution in [0.5, 0.6) is 0 Å². The van der Waals surface area contributed by atoms with Crippen LogP contribution in [-0.2, 0) is 32.7 Å². The third kappa shape index (κ3) is 44.1. The van der Waals surface area contributed by atoms with Crippen LogP contribution in [0.15, 0.2) is 109 Å². The molecular weight excluding hydrogens is 762 g/mol. The highest BCUT2D eigenvalue weighted by molar-refractivity contribution is 7.45. The molecule has 0 saturated heterocycles. The van der Waals surface area contributed by atoms with Crippen molar-refractivity contribution < 1.29 is 42.1 Å². The zero-order valence-electron chi connectivity index (χ0n) is 37.4. The highest BCUT2D eigenvalue weighted by atomic mass is 31.2. The Bertz CT molecular complexity index is 1370. The number of allylic oxidation sites excluding steroid dienone is 18. The van der Waals surface area contributed by atoms with Crippen LogP contribution in [0.4, 0.5) is 0 Å². The van der Waals surface area contributed by atoms with Crippen LogP contribution in [0.25, 0.3) is 0 Å². The Balaban J connectivity index is 4.44. The Morgan fingerprint density at radius 1 is 0.542 bits per heavy atom. The van der Waals surface area contributed by atoms with Crippen molar-refractivity contribution in [1.82, 2.24) is 0 Å². The molecule has 0 aromatic carbocycles. The molecule has 0 amide bonds. The van der Waals surface area contributed by atoms with E-state index in [1.165, 1.54) is 0 Å². The fourth-order valence-corrected chi connectivity index (χ4v) is 5.91. The molecule has 0 fully saturated rings. The quantitative estimate of drug-likeness (QED) is 0.0151. The first-order valence-corrected chi connectivity index (χ1v) is 23.6. The average Bonchev–Trinajstić information content (AvgIpc) is 3.19. The second kappa shape index (κ2) is 40.1. The van der Waals surface area contributed by atoms with E-state index in [1.807, 2.05) is 39.4 Å². The fourth-order valence-electron chi connectivity index (χ4n) is 5.18. The van der Waals surface area contributed by atoms with Crippen LogP contribution in [0.3, 0.4) is 0 Å². The maximum atomic E-state index is 12.6. The zero-order valence-corrected chi connectivity index (χ0v) is 38.3.